The Morgan fingerprint density at radius 3 is 2.80 bits per heavy atom. The zero-order valence-corrected chi connectivity index (χ0v) is 11.8. The lowest BCUT2D eigenvalue weighted by Gasteiger charge is -2.05. The Labute approximate surface area is 118 Å². The number of nitrogens with one attached hydrogen (secondary N) is 1. The van der Waals surface area contributed by atoms with Crippen LogP contribution in [-0.4, -0.2) is 35.7 Å². The molecule has 0 aromatic carbocycles. The Balaban J connectivity index is 2.06. The van der Waals surface area contributed by atoms with Crippen LogP contribution >= 0.6 is 0 Å². The van der Waals surface area contributed by atoms with E-state index in [1.54, 1.807) is 19.5 Å². The van der Waals surface area contributed by atoms with Crippen LogP contribution in [0.2, 0.25) is 0 Å². The highest BCUT2D eigenvalue weighted by atomic mass is 16.5. The van der Waals surface area contributed by atoms with Crippen molar-refractivity contribution in [2.45, 2.75) is 6.42 Å². The van der Waals surface area contributed by atoms with Crippen molar-refractivity contribution in [3.8, 4) is 11.1 Å². The van der Waals surface area contributed by atoms with Crippen LogP contribution in [0.4, 0.5) is 0 Å². The summed E-state index contributed by atoms with van der Waals surface area (Å²) in [4.78, 5) is 16.1. The summed E-state index contributed by atoms with van der Waals surface area (Å²) < 4.78 is 6.79. The van der Waals surface area contributed by atoms with Gasteiger partial charge in [0.15, 0.2) is 0 Å². The molecule has 2 aromatic rings. The van der Waals surface area contributed by atoms with Gasteiger partial charge >= 0.3 is 0 Å². The number of methoxy groups -OCH3 is 1. The second kappa shape index (κ2) is 6.86. The van der Waals surface area contributed by atoms with Crippen molar-refractivity contribution in [1.82, 2.24) is 14.9 Å². The lowest BCUT2D eigenvalue weighted by molar-refractivity contribution is 0.0940. The van der Waals surface area contributed by atoms with E-state index in [0.717, 1.165) is 17.5 Å². The highest BCUT2D eigenvalue weighted by Gasteiger charge is 2.12. The van der Waals surface area contributed by atoms with Crippen LogP contribution < -0.4 is 5.32 Å². The molecule has 0 aliphatic carbocycles. The van der Waals surface area contributed by atoms with Gasteiger partial charge in [-0.25, -0.2) is 0 Å². The van der Waals surface area contributed by atoms with Gasteiger partial charge in [0.05, 0.1) is 0 Å². The average Bonchev–Trinajstić information content (AvgIpc) is 2.86. The van der Waals surface area contributed by atoms with Gasteiger partial charge in [0.2, 0.25) is 0 Å². The summed E-state index contributed by atoms with van der Waals surface area (Å²) in [7, 11) is 3.52. The average molecular weight is 273 g/mol. The molecule has 2 heterocycles. The third-order valence-corrected chi connectivity index (χ3v) is 3.06. The van der Waals surface area contributed by atoms with E-state index in [1.807, 2.05) is 36.0 Å². The van der Waals surface area contributed by atoms with Crippen LogP contribution in [0.3, 0.4) is 0 Å². The van der Waals surface area contributed by atoms with Gasteiger partial charge in [0.1, 0.15) is 5.69 Å². The van der Waals surface area contributed by atoms with E-state index >= 15 is 0 Å². The summed E-state index contributed by atoms with van der Waals surface area (Å²) in [6.07, 6.45) is 6.24. The van der Waals surface area contributed by atoms with Crippen molar-refractivity contribution in [2.75, 3.05) is 20.3 Å². The lowest BCUT2D eigenvalue weighted by Crippen LogP contribution is -2.26. The first-order valence-corrected chi connectivity index (χ1v) is 6.56. The minimum atomic E-state index is -0.0658. The summed E-state index contributed by atoms with van der Waals surface area (Å²) in [5.41, 5.74) is 2.71. The summed E-state index contributed by atoms with van der Waals surface area (Å²) in [5.74, 6) is -0.0658. The smallest absolute Gasteiger partial charge is 0.267 e. The predicted octanol–water partition coefficient (Wildman–Crippen LogP) is 1.85. The van der Waals surface area contributed by atoms with Crippen molar-refractivity contribution in [2.24, 2.45) is 7.05 Å². The number of hydrogen-bond acceptors (Lipinski definition) is 3. The molecule has 106 valence electrons. The fourth-order valence-corrected chi connectivity index (χ4v) is 2.00. The third kappa shape index (κ3) is 3.45. The van der Waals surface area contributed by atoms with Crippen molar-refractivity contribution in [1.29, 1.82) is 0 Å². The Morgan fingerprint density at radius 1 is 1.35 bits per heavy atom. The first-order chi connectivity index (χ1) is 9.72. The van der Waals surface area contributed by atoms with Crippen molar-refractivity contribution in [3.63, 3.8) is 0 Å². The molecule has 1 amide bonds. The van der Waals surface area contributed by atoms with E-state index in [0.29, 0.717) is 18.8 Å². The summed E-state index contributed by atoms with van der Waals surface area (Å²) in [5, 5.41) is 2.89. The summed E-state index contributed by atoms with van der Waals surface area (Å²) in [6, 6.07) is 5.74. The fraction of sp³-hybridized carbons (Fsp3) is 0.333. The maximum absolute atomic E-state index is 12.1. The van der Waals surface area contributed by atoms with Crippen LogP contribution in [0.1, 0.15) is 16.9 Å². The van der Waals surface area contributed by atoms with Crippen LogP contribution in [0.15, 0.2) is 36.8 Å². The molecule has 0 aliphatic heterocycles. The maximum atomic E-state index is 12.1. The number of hydrogen-bond donors (Lipinski definition) is 1. The molecule has 0 saturated carbocycles. The van der Waals surface area contributed by atoms with Crippen LogP contribution in [0, 0.1) is 0 Å². The molecule has 0 spiro atoms. The molecule has 2 aromatic heterocycles. The topological polar surface area (TPSA) is 56.1 Å². The van der Waals surface area contributed by atoms with E-state index in [9.17, 15) is 4.79 Å². The predicted molar refractivity (Wildman–Crippen MR) is 77.5 cm³/mol. The fourth-order valence-electron chi connectivity index (χ4n) is 2.00. The molecule has 20 heavy (non-hydrogen) atoms. The highest BCUT2D eigenvalue weighted by molar-refractivity contribution is 5.94. The molecule has 5 nitrogen and oxygen atoms in total. The Morgan fingerprint density at radius 2 is 2.10 bits per heavy atom. The van der Waals surface area contributed by atoms with E-state index in [4.69, 9.17) is 4.74 Å². The number of rotatable bonds is 6. The van der Waals surface area contributed by atoms with Gasteiger partial charge in [-0.3, -0.25) is 9.78 Å². The monoisotopic (exact) mass is 273 g/mol. The quantitative estimate of drug-likeness (QED) is 0.817. The number of aromatic nitrogens is 2. The van der Waals surface area contributed by atoms with E-state index in [1.165, 1.54) is 0 Å². The molecule has 5 heteroatoms. The van der Waals surface area contributed by atoms with E-state index < -0.39 is 0 Å². The Bertz CT molecular complexity index is 564. The second-order valence-corrected chi connectivity index (χ2v) is 4.56. The van der Waals surface area contributed by atoms with E-state index in [2.05, 4.69) is 10.3 Å². The molecule has 0 atom stereocenters. The van der Waals surface area contributed by atoms with Gasteiger partial charge in [-0.05, 0) is 30.2 Å². The van der Waals surface area contributed by atoms with Crippen LogP contribution in [0.5, 0.6) is 0 Å². The lowest BCUT2D eigenvalue weighted by atomic mass is 10.1. The molecule has 0 fully saturated rings. The number of carbonyl (C=O) groups is 1. The number of carbonyl (C=O) groups excluding carboxylic acids is 1. The normalized spacial score (nSPS) is 10.5. The number of aryl methyl sites for hydroxylation is 1. The van der Waals surface area contributed by atoms with Gasteiger partial charge in [0.25, 0.3) is 5.91 Å². The third-order valence-electron chi connectivity index (χ3n) is 3.06. The Hall–Kier alpha value is -2.14. The second-order valence-electron chi connectivity index (χ2n) is 4.56. The number of ether oxygens (including phenoxy) is 1. The van der Waals surface area contributed by atoms with Crippen molar-refractivity contribution < 1.29 is 9.53 Å². The largest absolute Gasteiger partial charge is 0.385 e. The molecular formula is C15H19N3O2. The molecule has 0 unspecified atom stereocenters. The van der Waals surface area contributed by atoms with Gasteiger partial charge < -0.3 is 14.6 Å². The number of pyridine rings is 1. The zero-order valence-electron chi connectivity index (χ0n) is 11.8. The van der Waals surface area contributed by atoms with Crippen LogP contribution in [-0.2, 0) is 11.8 Å². The minimum absolute atomic E-state index is 0.0658. The molecule has 0 bridgehead atoms. The highest BCUT2D eigenvalue weighted by Crippen LogP contribution is 2.20. The summed E-state index contributed by atoms with van der Waals surface area (Å²) in [6.45, 7) is 1.26. The zero-order chi connectivity index (χ0) is 14.4. The van der Waals surface area contributed by atoms with Gasteiger partial charge in [-0.15, -0.1) is 0 Å². The first-order valence-electron chi connectivity index (χ1n) is 6.56. The molecule has 0 saturated heterocycles. The van der Waals surface area contributed by atoms with Crippen LogP contribution in [0.25, 0.3) is 11.1 Å². The number of nitrogens with zero attached hydrogens (tertiary/aromatic N) is 2. The standard InChI is InChI=1S/C15H19N3O2/c1-18-11-13(12-4-7-16-8-5-12)10-14(18)15(19)17-6-3-9-20-2/h4-5,7-8,10-11H,3,6,9H2,1-2H3,(H,17,19). The maximum Gasteiger partial charge on any atom is 0.267 e. The SMILES string of the molecule is COCCCNC(=O)c1cc(-c2ccncc2)cn1C. The minimum Gasteiger partial charge on any atom is -0.385 e. The summed E-state index contributed by atoms with van der Waals surface area (Å²) >= 11 is 0. The molecular weight excluding hydrogens is 254 g/mol. The molecule has 2 rings (SSSR count). The number of amides is 1. The van der Waals surface area contributed by atoms with Crippen molar-refractivity contribution in [3.05, 3.63) is 42.5 Å². The molecule has 0 aliphatic rings. The Kier molecular flexibility index (Phi) is 4.90. The van der Waals surface area contributed by atoms with E-state index in [-0.39, 0.29) is 5.91 Å². The van der Waals surface area contributed by atoms with Gasteiger partial charge in [0, 0.05) is 51.5 Å². The van der Waals surface area contributed by atoms with Gasteiger partial charge in [-0.1, -0.05) is 0 Å². The molecule has 0 radical (unpaired) electrons. The first kappa shape index (κ1) is 14.3. The van der Waals surface area contributed by atoms with Crippen molar-refractivity contribution >= 4 is 5.91 Å². The molecule has 1 N–H and O–H groups in total. The van der Waals surface area contributed by atoms with Gasteiger partial charge in [-0.2, -0.15) is 0 Å².